The number of aryl methyl sites for hydroxylation is 1. The first kappa shape index (κ1) is 12.0. The van der Waals surface area contributed by atoms with Crippen LogP contribution < -0.4 is 5.73 Å². The summed E-state index contributed by atoms with van der Waals surface area (Å²) in [5.74, 6) is 0.721. The van der Waals surface area contributed by atoms with E-state index in [9.17, 15) is 4.79 Å². The van der Waals surface area contributed by atoms with Crippen LogP contribution in [0.3, 0.4) is 0 Å². The predicted molar refractivity (Wildman–Crippen MR) is 69.9 cm³/mol. The molecule has 0 unspecified atom stereocenters. The lowest BCUT2D eigenvalue weighted by molar-refractivity contribution is 0.0683. The molecule has 2 N–H and O–H groups in total. The van der Waals surface area contributed by atoms with Gasteiger partial charge >= 0.3 is 0 Å². The highest BCUT2D eigenvalue weighted by Gasteiger charge is 2.22. The number of amides is 1. The fourth-order valence-corrected chi connectivity index (χ4v) is 2.33. The molecular weight excluding hydrogens is 212 g/mol. The number of nitrogens with two attached hydrogens (primary N) is 1. The van der Waals surface area contributed by atoms with Gasteiger partial charge in [0, 0.05) is 24.3 Å². The van der Waals surface area contributed by atoms with Crippen LogP contribution in [0.5, 0.6) is 0 Å². The molecule has 0 bridgehead atoms. The molecule has 1 atom stereocenters. The fourth-order valence-electron chi connectivity index (χ4n) is 2.33. The number of hydrogen-bond donors (Lipinski definition) is 1. The number of carbonyl (C=O) groups is 1. The van der Waals surface area contributed by atoms with Crippen LogP contribution >= 0.6 is 0 Å². The molecule has 1 fully saturated rings. The van der Waals surface area contributed by atoms with Crippen molar-refractivity contribution >= 4 is 11.6 Å². The topological polar surface area (TPSA) is 46.3 Å². The molecule has 92 valence electrons. The highest BCUT2D eigenvalue weighted by molar-refractivity contribution is 5.95. The molecule has 3 heteroatoms. The van der Waals surface area contributed by atoms with Gasteiger partial charge in [-0.25, -0.2) is 0 Å². The Balaban J connectivity index is 2.15. The second-order valence-corrected chi connectivity index (χ2v) is 5.07. The third kappa shape index (κ3) is 2.60. The maximum atomic E-state index is 12.3. The van der Waals surface area contributed by atoms with Crippen molar-refractivity contribution in [2.75, 3.05) is 18.8 Å². The normalized spacial score (nSPS) is 20.4. The monoisotopic (exact) mass is 232 g/mol. The Morgan fingerprint density at radius 1 is 1.47 bits per heavy atom. The van der Waals surface area contributed by atoms with Gasteiger partial charge in [0.05, 0.1) is 0 Å². The smallest absolute Gasteiger partial charge is 0.253 e. The third-order valence-corrected chi connectivity index (χ3v) is 3.47. The summed E-state index contributed by atoms with van der Waals surface area (Å²) in [5, 5.41) is 0. The van der Waals surface area contributed by atoms with Gasteiger partial charge in [-0.05, 0) is 43.4 Å². The average molecular weight is 232 g/mol. The first-order valence-electron chi connectivity index (χ1n) is 6.23. The Morgan fingerprint density at radius 2 is 2.24 bits per heavy atom. The summed E-state index contributed by atoms with van der Waals surface area (Å²) < 4.78 is 0. The zero-order chi connectivity index (χ0) is 12.4. The molecule has 17 heavy (non-hydrogen) atoms. The van der Waals surface area contributed by atoms with Crippen molar-refractivity contribution in [1.82, 2.24) is 4.90 Å². The predicted octanol–water partition coefficient (Wildman–Crippen LogP) is 2.45. The highest BCUT2D eigenvalue weighted by atomic mass is 16.2. The average Bonchev–Trinajstić information content (AvgIpc) is 2.32. The minimum atomic E-state index is 0.114. The van der Waals surface area contributed by atoms with Gasteiger partial charge in [0.25, 0.3) is 5.91 Å². The molecular formula is C14H20N2O. The van der Waals surface area contributed by atoms with Crippen molar-refractivity contribution in [2.45, 2.75) is 26.7 Å². The van der Waals surface area contributed by atoms with Crippen LogP contribution in [0.1, 0.15) is 35.7 Å². The van der Waals surface area contributed by atoms with Crippen molar-refractivity contribution in [3.8, 4) is 0 Å². The molecule has 0 spiro atoms. The quantitative estimate of drug-likeness (QED) is 0.756. The fraction of sp³-hybridized carbons (Fsp3) is 0.500. The molecule has 1 aromatic carbocycles. The number of carbonyl (C=O) groups excluding carboxylic acids is 1. The molecule has 1 amide bonds. The number of anilines is 1. The number of hydrogen-bond acceptors (Lipinski definition) is 2. The van der Waals surface area contributed by atoms with Gasteiger partial charge in [0.2, 0.25) is 0 Å². The lowest BCUT2D eigenvalue weighted by atomic mass is 9.99. The maximum absolute atomic E-state index is 12.3. The van der Waals surface area contributed by atoms with Gasteiger partial charge < -0.3 is 10.6 Å². The molecule has 0 aromatic heterocycles. The number of likely N-dealkylation sites (tertiary alicyclic amines) is 1. The number of piperidine rings is 1. The number of benzene rings is 1. The molecule has 0 radical (unpaired) electrons. The molecule has 3 nitrogen and oxygen atoms in total. The lowest BCUT2D eigenvalue weighted by Gasteiger charge is -2.31. The van der Waals surface area contributed by atoms with Gasteiger partial charge in [-0.1, -0.05) is 13.0 Å². The molecule has 0 saturated carbocycles. The van der Waals surface area contributed by atoms with E-state index in [0.29, 0.717) is 17.2 Å². The van der Waals surface area contributed by atoms with Gasteiger partial charge in [0.15, 0.2) is 0 Å². The molecule has 1 aliphatic heterocycles. The first-order valence-corrected chi connectivity index (χ1v) is 6.23. The Labute approximate surface area is 103 Å². The second-order valence-electron chi connectivity index (χ2n) is 5.07. The Morgan fingerprint density at radius 3 is 2.88 bits per heavy atom. The summed E-state index contributed by atoms with van der Waals surface area (Å²) >= 11 is 0. The summed E-state index contributed by atoms with van der Waals surface area (Å²) in [6.45, 7) is 5.89. The van der Waals surface area contributed by atoms with E-state index >= 15 is 0 Å². The Bertz CT molecular complexity index is 428. The van der Waals surface area contributed by atoms with Crippen molar-refractivity contribution < 1.29 is 4.79 Å². The van der Waals surface area contributed by atoms with Gasteiger partial charge in [0.1, 0.15) is 0 Å². The maximum Gasteiger partial charge on any atom is 0.253 e. The second kappa shape index (κ2) is 4.78. The zero-order valence-corrected chi connectivity index (χ0v) is 10.6. The molecule has 1 heterocycles. The number of nitrogen functional groups attached to an aromatic ring is 1. The highest BCUT2D eigenvalue weighted by Crippen LogP contribution is 2.20. The first-order chi connectivity index (χ1) is 8.08. The Kier molecular flexibility index (Phi) is 3.36. The van der Waals surface area contributed by atoms with E-state index in [1.54, 1.807) is 6.07 Å². The molecule has 0 aliphatic carbocycles. The summed E-state index contributed by atoms with van der Waals surface area (Å²) in [7, 11) is 0. The SMILES string of the molecule is Cc1ccc(C(=O)N2CCC[C@@H](C)C2)cc1N. The van der Waals surface area contributed by atoms with E-state index in [-0.39, 0.29) is 5.91 Å². The number of nitrogens with zero attached hydrogens (tertiary/aromatic N) is 1. The van der Waals surface area contributed by atoms with Crippen molar-refractivity contribution in [2.24, 2.45) is 5.92 Å². The van der Waals surface area contributed by atoms with Crippen LogP contribution in [-0.2, 0) is 0 Å². The summed E-state index contributed by atoms with van der Waals surface area (Å²) in [4.78, 5) is 14.2. The molecule has 1 aromatic rings. The van der Waals surface area contributed by atoms with Crippen LogP contribution in [0.25, 0.3) is 0 Å². The van der Waals surface area contributed by atoms with Crippen LogP contribution in [0, 0.1) is 12.8 Å². The molecule has 1 saturated heterocycles. The van der Waals surface area contributed by atoms with E-state index in [0.717, 1.165) is 25.1 Å². The Hall–Kier alpha value is -1.51. The third-order valence-electron chi connectivity index (χ3n) is 3.47. The van der Waals surface area contributed by atoms with Crippen molar-refractivity contribution in [3.63, 3.8) is 0 Å². The minimum Gasteiger partial charge on any atom is -0.398 e. The van der Waals surface area contributed by atoms with Gasteiger partial charge in [-0.3, -0.25) is 4.79 Å². The standard InChI is InChI=1S/C14H20N2O/c1-10-4-3-7-16(9-10)14(17)12-6-5-11(2)13(15)8-12/h5-6,8,10H,3-4,7,9,15H2,1-2H3/t10-/m1/s1. The lowest BCUT2D eigenvalue weighted by Crippen LogP contribution is -2.39. The van der Waals surface area contributed by atoms with Crippen LogP contribution in [-0.4, -0.2) is 23.9 Å². The summed E-state index contributed by atoms with van der Waals surface area (Å²) in [6, 6.07) is 5.57. The molecule has 1 aliphatic rings. The summed E-state index contributed by atoms with van der Waals surface area (Å²) in [6.07, 6.45) is 2.33. The van der Waals surface area contributed by atoms with Crippen molar-refractivity contribution in [3.05, 3.63) is 29.3 Å². The summed E-state index contributed by atoms with van der Waals surface area (Å²) in [5.41, 5.74) is 8.27. The van der Waals surface area contributed by atoms with E-state index in [2.05, 4.69) is 6.92 Å². The van der Waals surface area contributed by atoms with Crippen LogP contribution in [0.2, 0.25) is 0 Å². The van der Waals surface area contributed by atoms with E-state index in [1.165, 1.54) is 6.42 Å². The zero-order valence-electron chi connectivity index (χ0n) is 10.6. The van der Waals surface area contributed by atoms with E-state index in [4.69, 9.17) is 5.73 Å². The van der Waals surface area contributed by atoms with E-state index < -0.39 is 0 Å². The number of rotatable bonds is 1. The molecule has 2 rings (SSSR count). The van der Waals surface area contributed by atoms with Crippen LogP contribution in [0.4, 0.5) is 5.69 Å². The van der Waals surface area contributed by atoms with Crippen LogP contribution in [0.15, 0.2) is 18.2 Å². The van der Waals surface area contributed by atoms with Gasteiger partial charge in [-0.15, -0.1) is 0 Å². The largest absolute Gasteiger partial charge is 0.398 e. The van der Waals surface area contributed by atoms with E-state index in [1.807, 2.05) is 24.0 Å². The minimum absolute atomic E-state index is 0.114. The van der Waals surface area contributed by atoms with Gasteiger partial charge in [-0.2, -0.15) is 0 Å². The van der Waals surface area contributed by atoms with Crippen molar-refractivity contribution in [1.29, 1.82) is 0 Å².